The van der Waals surface area contributed by atoms with Gasteiger partial charge < -0.3 is 21.1 Å². The van der Waals surface area contributed by atoms with Crippen molar-refractivity contribution in [2.24, 2.45) is 5.41 Å². The highest BCUT2D eigenvalue weighted by Crippen LogP contribution is 2.56. The van der Waals surface area contributed by atoms with Crippen LogP contribution in [-0.4, -0.2) is 40.6 Å². The van der Waals surface area contributed by atoms with Gasteiger partial charge in [-0.05, 0) is 67.0 Å². The molecule has 2 aromatic rings. The summed E-state index contributed by atoms with van der Waals surface area (Å²) in [6.45, 7) is 8.18. The number of benzene rings is 2. The van der Waals surface area contributed by atoms with Crippen molar-refractivity contribution in [2.45, 2.75) is 82.0 Å². The summed E-state index contributed by atoms with van der Waals surface area (Å²) in [4.78, 5) is 27.9. The molecule has 1 saturated heterocycles. The van der Waals surface area contributed by atoms with Crippen molar-refractivity contribution in [3.05, 3.63) is 63.6 Å². The molecule has 8 heteroatoms. The Labute approximate surface area is 222 Å². The van der Waals surface area contributed by atoms with E-state index in [-0.39, 0.29) is 29.3 Å². The highest BCUT2D eigenvalue weighted by molar-refractivity contribution is 6.31. The molecule has 2 aliphatic heterocycles. The SMILES string of the molecule is CC(C)(C)CC1NC(C(=O)NC2CC(C)(O)C2)C(c2cccc(Cl)c2)C12C(=O)Nc1cc(Cl)ccc12. The smallest absolute Gasteiger partial charge is 0.238 e. The molecule has 4 atom stereocenters. The number of nitrogens with one attached hydrogen (secondary N) is 3. The van der Waals surface area contributed by atoms with E-state index in [0.29, 0.717) is 35.0 Å². The van der Waals surface area contributed by atoms with Gasteiger partial charge in [-0.25, -0.2) is 0 Å². The maximum atomic E-state index is 14.1. The number of aliphatic hydroxyl groups is 1. The Balaban J connectivity index is 1.66. The molecule has 1 aliphatic carbocycles. The summed E-state index contributed by atoms with van der Waals surface area (Å²) in [5, 5.41) is 21.1. The molecule has 4 unspecified atom stereocenters. The van der Waals surface area contributed by atoms with E-state index >= 15 is 0 Å². The fraction of sp³-hybridized carbons (Fsp3) is 0.500. The lowest BCUT2D eigenvalue weighted by Crippen LogP contribution is -2.57. The first-order valence-corrected chi connectivity index (χ1v) is 13.2. The van der Waals surface area contributed by atoms with Crippen LogP contribution in [-0.2, 0) is 15.0 Å². The molecule has 0 bridgehead atoms. The standard InChI is InChI=1S/C28H33Cl2N3O3/c1-26(2,3)14-21-28(19-9-8-17(30)11-20(19)32-25(28)35)22(15-6-5-7-16(29)10-15)23(33-21)24(34)31-18-12-27(4,36)13-18/h5-11,18,21-23,33,36H,12-14H2,1-4H3,(H,31,34)(H,32,35). The molecule has 2 aromatic carbocycles. The lowest BCUT2D eigenvalue weighted by molar-refractivity contribution is -0.127. The number of hydrogen-bond acceptors (Lipinski definition) is 4. The Morgan fingerprint density at radius 3 is 2.47 bits per heavy atom. The predicted octanol–water partition coefficient (Wildman–Crippen LogP) is 4.77. The summed E-state index contributed by atoms with van der Waals surface area (Å²) in [5.74, 6) is -0.827. The molecule has 4 N–H and O–H groups in total. The third-order valence-electron chi connectivity index (χ3n) is 7.83. The first kappa shape index (κ1) is 25.5. The summed E-state index contributed by atoms with van der Waals surface area (Å²) in [6, 6.07) is 11.8. The minimum absolute atomic E-state index is 0.101. The maximum absolute atomic E-state index is 14.1. The van der Waals surface area contributed by atoms with E-state index in [9.17, 15) is 14.7 Å². The van der Waals surface area contributed by atoms with E-state index < -0.39 is 23.0 Å². The Bertz CT molecular complexity index is 1220. The first-order valence-electron chi connectivity index (χ1n) is 12.5. The third-order valence-corrected chi connectivity index (χ3v) is 8.30. The highest BCUT2D eigenvalue weighted by atomic mass is 35.5. The molecule has 2 heterocycles. The van der Waals surface area contributed by atoms with Gasteiger partial charge in [0.25, 0.3) is 0 Å². The molecule has 0 aromatic heterocycles. The molecule has 1 spiro atoms. The molecule has 6 nitrogen and oxygen atoms in total. The minimum atomic E-state index is -1.04. The molecule has 5 rings (SSSR count). The van der Waals surface area contributed by atoms with E-state index in [1.54, 1.807) is 25.1 Å². The van der Waals surface area contributed by atoms with Crippen molar-refractivity contribution in [3.8, 4) is 0 Å². The van der Waals surface area contributed by atoms with Crippen molar-refractivity contribution in [1.82, 2.24) is 10.6 Å². The van der Waals surface area contributed by atoms with Crippen LogP contribution in [0.4, 0.5) is 5.69 Å². The second-order valence-electron chi connectivity index (χ2n) is 12.1. The zero-order valence-corrected chi connectivity index (χ0v) is 22.5. The van der Waals surface area contributed by atoms with Crippen LogP contribution in [0.1, 0.15) is 64.0 Å². The van der Waals surface area contributed by atoms with Gasteiger partial charge in [0.1, 0.15) is 5.41 Å². The van der Waals surface area contributed by atoms with E-state index in [1.165, 1.54) is 0 Å². The Hall–Kier alpha value is -2.12. The summed E-state index contributed by atoms with van der Waals surface area (Å²) in [7, 11) is 0. The fourth-order valence-electron chi connectivity index (χ4n) is 6.52. The molecular formula is C28H33Cl2N3O3. The lowest BCUT2D eigenvalue weighted by Gasteiger charge is -2.42. The molecule has 3 aliphatic rings. The van der Waals surface area contributed by atoms with Gasteiger partial charge in [0, 0.05) is 33.7 Å². The maximum Gasteiger partial charge on any atom is 0.238 e. The summed E-state index contributed by atoms with van der Waals surface area (Å²) >= 11 is 12.7. The molecule has 0 radical (unpaired) electrons. The topological polar surface area (TPSA) is 90.5 Å². The molecule has 2 fully saturated rings. The van der Waals surface area contributed by atoms with Gasteiger partial charge >= 0.3 is 0 Å². The third kappa shape index (κ3) is 4.32. The number of carbonyl (C=O) groups excluding carboxylic acids is 2. The average Bonchev–Trinajstić information content (AvgIpc) is 3.21. The average molecular weight is 530 g/mol. The van der Waals surface area contributed by atoms with Crippen LogP contribution in [0.3, 0.4) is 0 Å². The summed E-state index contributed by atoms with van der Waals surface area (Å²) < 4.78 is 0. The number of halogens is 2. The largest absolute Gasteiger partial charge is 0.390 e. The van der Waals surface area contributed by atoms with Crippen LogP contribution in [0.5, 0.6) is 0 Å². The highest BCUT2D eigenvalue weighted by Gasteiger charge is 2.65. The summed E-state index contributed by atoms with van der Waals surface area (Å²) in [5.41, 5.74) is 0.432. The van der Waals surface area contributed by atoms with Crippen LogP contribution in [0.25, 0.3) is 0 Å². The molecule has 36 heavy (non-hydrogen) atoms. The quantitative estimate of drug-likeness (QED) is 0.459. The second-order valence-corrected chi connectivity index (χ2v) is 13.0. The first-order chi connectivity index (χ1) is 16.8. The van der Waals surface area contributed by atoms with Gasteiger partial charge in [-0.2, -0.15) is 0 Å². The Kier molecular flexibility index (Phi) is 6.19. The van der Waals surface area contributed by atoms with Gasteiger partial charge in [-0.15, -0.1) is 0 Å². The van der Waals surface area contributed by atoms with Crippen molar-refractivity contribution in [1.29, 1.82) is 0 Å². The molecule has 192 valence electrons. The number of rotatable bonds is 4. The number of carbonyl (C=O) groups is 2. The zero-order chi connectivity index (χ0) is 26.0. The fourth-order valence-corrected chi connectivity index (χ4v) is 6.89. The van der Waals surface area contributed by atoms with Gasteiger partial charge in [0.2, 0.25) is 11.8 Å². The molecule has 2 amide bonds. The van der Waals surface area contributed by atoms with Gasteiger partial charge in [-0.3, -0.25) is 9.59 Å². The Morgan fingerprint density at radius 2 is 1.83 bits per heavy atom. The number of hydrogen-bond donors (Lipinski definition) is 4. The molecule has 1 saturated carbocycles. The number of fused-ring (bicyclic) bond motifs is 2. The Morgan fingerprint density at radius 1 is 1.14 bits per heavy atom. The van der Waals surface area contributed by atoms with Gasteiger partial charge in [0.05, 0.1) is 11.6 Å². The number of amides is 2. The van der Waals surface area contributed by atoms with Crippen molar-refractivity contribution in [3.63, 3.8) is 0 Å². The minimum Gasteiger partial charge on any atom is -0.390 e. The van der Waals surface area contributed by atoms with Crippen LogP contribution in [0.15, 0.2) is 42.5 Å². The van der Waals surface area contributed by atoms with Crippen molar-refractivity contribution in [2.75, 3.05) is 5.32 Å². The van der Waals surface area contributed by atoms with E-state index in [2.05, 4.69) is 36.7 Å². The molecular weight excluding hydrogens is 497 g/mol. The van der Waals surface area contributed by atoms with Crippen LogP contribution < -0.4 is 16.0 Å². The van der Waals surface area contributed by atoms with Crippen LogP contribution in [0.2, 0.25) is 10.0 Å². The number of anilines is 1. The van der Waals surface area contributed by atoms with E-state index in [0.717, 1.165) is 11.1 Å². The zero-order valence-electron chi connectivity index (χ0n) is 21.0. The van der Waals surface area contributed by atoms with Crippen molar-refractivity contribution < 1.29 is 14.7 Å². The summed E-state index contributed by atoms with van der Waals surface area (Å²) in [6.07, 6.45) is 1.68. The van der Waals surface area contributed by atoms with Crippen LogP contribution >= 0.6 is 23.2 Å². The van der Waals surface area contributed by atoms with E-state index in [4.69, 9.17) is 23.2 Å². The van der Waals surface area contributed by atoms with Gasteiger partial charge in [-0.1, -0.05) is 62.2 Å². The normalized spacial score (nSPS) is 33.2. The second kappa shape index (κ2) is 8.73. The lowest BCUT2D eigenvalue weighted by atomic mass is 9.62. The van der Waals surface area contributed by atoms with Gasteiger partial charge in [0.15, 0.2) is 0 Å². The van der Waals surface area contributed by atoms with Crippen molar-refractivity contribution >= 4 is 40.7 Å². The van der Waals surface area contributed by atoms with Crippen LogP contribution in [0, 0.1) is 5.41 Å². The van der Waals surface area contributed by atoms with E-state index in [1.807, 2.05) is 24.3 Å². The predicted molar refractivity (Wildman–Crippen MR) is 143 cm³/mol. The monoisotopic (exact) mass is 529 g/mol.